The van der Waals surface area contributed by atoms with Crippen LogP contribution in [-0.4, -0.2) is 103 Å². The molecule has 14 heteroatoms. The van der Waals surface area contributed by atoms with Gasteiger partial charge in [0.25, 0.3) is 0 Å². The molecule has 1 aromatic heterocycles. The Morgan fingerprint density at radius 3 is 2.05 bits per heavy atom. The number of phenols is 1. The summed E-state index contributed by atoms with van der Waals surface area (Å²) in [6.45, 7) is 12.3. The zero-order chi connectivity index (χ0) is 44.0. The van der Waals surface area contributed by atoms with Gasteiger partial charge in [0.1, 0.15) is 11.6 Å². The number of anilines is 3. The Kier molecular flexibility index (Phi) is 12.1. The molecule has 0 saturated carbocycles. The Bertz CT molecular complexity index is 2340. The van der Waals surface area contributed by atoms with Crippen molar-refractivity contribution in [3.8, 4) is 11.5 Å². The summed E-state index contributed by atoms with van der Waals surface area (Å²) in [5, 5.41) is 14.1. The molecule has 5 fully saturated rings. The molecule has 2 N–H and O–H groups in total. The van der Waals surface area contributed by atoms with E-state index in [9.17, 15) is 23.9 Å². The number of hydrogen-bond donors (Lipinski definition) is 2. The van der Waals surface area contributed by atoms with Crippen molar-refractivity contribution in [1.82, 2.24) is 19.7 Å². The molecule has 0 unspecified atom stereocenters. The van der Waals surface area contributed by atoms with E-state index in [4.69, 9.17) is 4.74 Å². The summed E-state index contributed by atoms with van der Waals surface area (Å²) in [6, 6.07) is 15.0. The molecule has 0 radical (unpaired) electrons. The lowest BCUT2D eigenvalue weighted by molar-refractivity contribution is -0.141. The van der Waals surface area contributed by atoms with Crippen LogP contribution in [0.1, 0.15) is 89.3 Å². The van der Waals surface area contributed by atoms with Gasteiger partial charge in [-0.25, -0.2) is 13.6 Å². The second kappa shape index (κ2) is 17.8. The molecule has 4 aromatic rings. The first kappa shape index (κ1) is 43.1. The van der Waals surface area contributed by atoms with Gasteiger partial charge in [-0.1, -0.05) is 26.0 Å². The van der Waals surface area contributed by atoms with E-state index in [-0.39, 0.29) is 29.4 Å². The van der Waals surface area contributed by atoms with E-state index < -0.39 is 23.0 Å². The number of halogens is 2. The molecule has 0 spiro atoms. The zero-order valence-corrected chi connectivity index (χ0v) is 36.8. The van der Waals surface area contributed by atoms with Gasteiger partial charge in [-0.3, -0.25) is 24.7 Å². The Hall–Kier alpha value is -5.21. The number of piperidine rings is 3. The molecule has 6 heterocycles. The van der Waals surface area contributed by atoms with Gasteiger partial charge >= 0.3 is 6.03 Å². The van der Waals surface area contributed by atoms with Crippen molar-refractivity contribution in [2.75, 3.05) is 80.7 Å². The molecule has 12 nitrogen and oxygen atoms in total. The second-order valence-corrected chi connectivity index (χ2v) is 18.5. The van der Waals surface area contributed by atoms with Gasteiger partial charge in [0.2, 0.25) is 11.8 Å². The fourth-order valence-corrected chi connectivity index (χ4v) is 11.5. The van der Waals surface area contributed by atoms with Crippen LogP contribution in [0.2, 0.25) is 0 Å². The van der Waals surface area contributed by atoms with Crippen LogP contribution >= 0.6 is 0 Å². The van der Waals surface area contributed by atoms with E-state index in [0.29, 0.717) is 60.7 Å². The van der Waals surface area contributed by atoms with Crippen LogP contribution in [0, 0.1) is 28.9 Å². The Balaban J connectivity index is 0.755. The molecular weight excluding hydrogens is 805 g/mol. The molecule has 4 amide bonds. The number of phenolic OH excluding ortho intramolecular Hbond substituents is 1. The summed E-state index contributed by atoms with van der Waals surface area (Å²) >= 11 is 0. The third-order valence-electron chi connectivity index (χ3n) is 15.2. The fourth-order valence-electron chi connectivity index (χ4n) is 11.5. The predicted octanol–water partition coefficient (Wildman–Crippen LogP) is 8.24. The SMILES string of the molecule is CCC1(CC)C(=O)N(c2cccc(F)c2O)[C@H]1c1cc(F)c(N2CCC(CN3CCC(CN4CCC(n5ccc6c(N7CCC(=O)NC7=O)cccc65)CC4)CC3)CC2)cc1OC. The first-order valence-electron chi connectivity index (χ1n) is 23.1. The maximum Gasteiger partial charge on any atom is 0.328 e. The van der Waals surface area contributed by atoms with E-state index in [1.165, 1.54) is 35.9 Å². The van der Waals surface area contributed by atoms with Crippen molar-refractivity contribution in [2.24, 2.45) is 17.3 Å². The molecule has 5 aliphatic rings. The largest absolute Gasteiger partial charge is 0.503 e. The van der Waals surface area contributed by atoms with Crippen LogP contribution in [0.15, 0.2) is 60.8 Å². The number of aromatic nitrogens is 1. The van der Waals surface area contributed by atoms with Crippen molar-refractivity contribution in [2.45, 2.75) is 83.7 Å². The van der Waals surface area contributed by atoms with E-state index >= 15 is 4.39 Å². The number of nitrogens with zero attached hydrogens (tertiary/aromatic N) is 6. The van der Waals surface area contributed by atoms with Crippen molar-refractivity contribution >= 4 is 45.8 Å². The van der Waals surface area contributed by atoms with Gasteiger partial charge in [0.05, 0.1) is 41.1 Å². The van der Waals surface area contributed by atoms with Gasteiger partial charge in [0, 0.05) is 81.5 Å². The molecular formula is C49H61F2N7O5. The second-order valence-electron chi connectivity index (χ2n) is 18.5. The minimum absolute atomic E-state index is 0.0732. The average Bonchev–Trinajstić information content (AvgIpc) is 3.73. The topological polar surface area (TPSA) is 114 Å². The molecule has 336 valence electrons. The fraction of sp³-hybridized carbons (Fsp3) is 0.531. The predicted molar refractivity (Wildman–Crippen MR) is 241 cm³/mol. The molecule has 63 heavy (non-hydrogen) atoms. The van der Waals surface area contributed by atoms with Crippen LogP contribution in [-0.2, 0) is 9.59 Å². The maximum atomic E-state index is 16.3. The Morgan fingerprint density at radius 1 is 0.762 bits per heavy atom. The van der Waals surface area contributed by atoms with E-state index in [2.05, 4.69) is 42.9 Å². The lowest BCUT2D eigenvalue weighted by Crippen LogP contribution is -2.63. The third kappa shape index (κ3) is 7.91. The number of para-hydroxylation sites is 1. The summed E-state index contributed by atoms with van der Waals surface area (Å²) < 4.78 is 39.0. The average molecular weight is 866 g/mol. The Labute approximate surface area is 368 Å². The molecule has 5 aliphatic heterocycles. The van der Waals surface area contributed by atoms with Crippen LogP contribution < -0.4 is 24.8 Å². The molecule has 0 bridgehead atoms. The highest BCUT2D eigenvalue weighted by molar-refractivity contribution is 6.10. The van der Waals surface area contributed by atoms with Crippen LogP contribution in [0.3, 0.4) is 0 Å². The number of benzene rings is 3. The van der Waals surface area contributed by atoms with Crippen molar-refractivity contribution in [1.29, 1.82) is 0 Å². The maximum absolute atomic E-state index is 16.3. The van der Waals surface area contributed by atoms with Gasteiger partial charge in [-0.15, -0.1) is 0 Å². The number of carbonyl (C=O) groups excluding carboxylic acids is 3. The molecule has 1 atom stereocenters. The number of nitrogens with one attached hydrogen (secondary N) is 1. The minimum atomic E-state index is -0.835. The number of rotatable bonds is 12. The Morgan fingerprint density at radius 2 is 1.40 bits per heavy atom. The summed E-state index contributed by atoms with van der Waals surface area (Å²) in [5.41, 5.74) is 2.23. The zero-order valence-electron chi connectivity index (χ0n) is 36.8. The third-order valence-corrected chi connectivity index (χ3v) is 15.2. The quantitative estimate of drug-likeness (QED) is 0.137. The van der Waals surface area contributed by atoms with E-state index in [1.54, 1.807) is 18.1 Å². The van der Waals surface area contributed by atoms with E-state index in [0.717, 1.165) is 101 Å². The summed E-state index contributed by atoms with van der Waals surface area (Å²) in [4.78, 5) is 48.5. The number of imide groups is 1. The first-order valence-corrected chi connectivity index (χ1v) is 23.1. The normalized spacial score (nSPS) is 22.2. The van der Waals surface area contributed by atoms with Gasteiger partial charge in [-0.2, -0.15) is 0 Å². The van der Waals surface area contributed by atoms with E-state index in [1.807, 2.05) is 26.0 Å². The molecule has 5 saturated heterocycles. The number of ether oxygens (including phenoxy) is 1. The number of methoxy groups -OCH3 is 1. The molecule has 3 aromatic carbocycles. The number of fused-ring (bicyclic) bond motifs is 1. The standard InChI is InChI=1S/C49H61F2N7O5/c1-4-49(5-2)46(58(47(49)61)41-11-6-8-37(50)45(41)60)36-28-38(51)42(29-43(36)63-3)55-24-14-33(15-25-55)31-53-20-12-32(13-21-53)30-54-22-16-34(17-23-54)56-26-18-35-39(56)9-7-10-40(35)57-27-19-44(59)52-48(57)62/h6-11,18,26,28-29,32-34,46,60H,4-5,12-17,19-25,27,30-31H2,1-3H3,(H,52,59,62)/t46-/m0/s1. The van der Waals surface area contributed by atoms with Crippen LogP contribution in [0.4, 0.5) is 30.6 Å². The lowest BCUT2D eigenvalue weighted by atomic mass is 9.64. The number of hydrogen-bond acceptors (Lipinski definition) is 8. The van der Waals surface area contributed by atoms with Gasteiger partial charge in [-0.05, 0) is 113 Å². The van der Waals surface area contributed by atoms with Gasteiger partial charge in [0.15, 0.2) is 11.6 Å². The highest BCUT2D eigenvalue weighted by atomic mass is 19.1. The number of amides is 4. The minimum Gasteiger partial charge on any atom is -0.503 e. The number of aromatic hydroxyl groups is 1. The monoisotopic (exact) mass is 865 g/mol. The van der Waals surface area contributed by atoms with Crippen molar-refractivity contribution in [3.05, 3.63) is 78.0 Å². The summed E-state index contributed by atoms with van der Waals surface area (Å²) in [7, 11) is 1.55. The highest BCUT2D eigenvalue weighted by Gasteiger charge is 2.61. The molecule has 9 rings (SSSR count). The number of carbonyl (C=O) groups is 3. The first-order chi connectivity index (χ1) is 30.5. The number of urea groups is 1. The van der Waals surface area contributed by atoms with Crippen molar-refractivity contribution in [3.63, 3.8) is 0 Å². The smallest absolute Gasteiger partial charge is 0.328 e. The lowest BCUT2D eigenvalue weighted by Gasteiger charge is -2.56. The van der Waals surface area contributed by atoms with Crippen LogP contribution in [0.25, 0.3) is 10.9 Å². The molecule has 0 aliphatic carbocycles. The van der Waals surface area contributed by atoms with Crippen molar-refractivity contribution < 1.29 is 33.0 Å². The van der Waals surface area contributed by atoms with Gasteiger partial charge < -0.3 is 29.1 Å². The van der Waals surface area contributed by atoms with Crippen LogP contribution in [0.5, 0.6) is 11.5 Å². The number of likely N-dealkylation sites (tertiary alicyclic amines) is 2. The summed E-state index contributed by atoms with van der Waals surface area (Å²) in [6.07, 6.45) is 10.0. The highest BCUT2D eigenvalue weighted by Crippen LogP contribution is 2.59. The number of β-lactam (4-membered cyclic amide) rings is 1. The summed E-state index contributed by atoms with van der Waals surface area (Å²) in [5.74, 6) is -0.522.